The molecule has 3 heterocycles. The van der Waals surface area contributed by atoms with Crippen molar-refractivity contribution in [3.05, 3.63) is 52.7 Å². The number of hydrogen-bond donors (Lipinski definition) is 1. The highest BCUT2D eigenvalue weighted by Gasteiger charge is 2.23. The van der Waals surface area contributed by atoms with Crippen LogP contribution in [0.25, 0.3) is 0 Å². The Kier molecular flexibility index (Phi) is 7.60. The van der Waals surface area contributed by atoms with Crippen molar-refractivity contribution >= 4 is 18.2 Å². The number of nitriles is 1. The van der Waals surface area contributed by atoms with Crippen LogP contribution < -0.4 is 4.90 Å². The maximum absolute atomic E-state index is 13.3. The minimum atomic E-state index is -0.523. The van der Waals surface area contributed by atoms with Gasteiger partial charge in [0.15, 0.2) is 0 Å². The van der Waals surface area contributed by atoms with E-state index in [1.807, 2.05) is 19.9 Å². The average molecular weight is 399 g/mol. The Hall–Kier alpha value is -3.54. The number of nitrogens with zero attached hydrogens (tertiary/aromatic N) is 5. The van der Waals surface area contributed by atoms with Crippen molar-refractivity contribution in [2.45, 2.75) is 20.3 Å². The highest BCUT2D eigenvalue weighted by atomic mass is 19.1. The minimum Gasteiger partial charge on any atom is -0.483 e. The van der Waals surface area contributed by atoms with Crippen molar-refractivity contribution in [1.29, 1.82) is 5.26 Å². The number of carbonyl (C=O) groups excluding carboxylic acids is 1. The zero-order chi connectivity index (χ0) is 21.4. The number of halogens is 1. The van der Waals surface area contributed by atoms with Gasteiger partial charge in [0.25, 0.3) is 12.4 Å². The van der Waals surface area contributed by atoms with E-state index >= 15 is 0 Å². The first kappa shape index (κ1) is 21.8. The van der Waals surface area contributed by atoms with Gasteiger partial charge in [0.1, 0.15) is 17.7 Å². The van der Waals surface area contributed by atoms with Gasteiger partial charge in [0.2, 0.25) is 0 Å². The number of carbonyl (C=O) groups is 2. The molecule has 29 heavy (non-hydrogen) atoms. The van der Waals surface area contributed by atoms with Gasteiger partial charge in [-0.15, -0.1) is 0 Å². The number of pyridine rings is 2. The average Bonchev–Trinajstić information content (AvgIpc) is 2.93. The van der Waals surface area contributed by atoms with Crippen molar-refractivity contribution < 1.29 is 19.1 Å². The SMILES string of the molecule is Cc1cc(C)c(C#N)c(N2CCCN(C(=O)c3cncc(F)c3)CC2)n1.O=CO. The van der Waals surface area contributed by atoms with Crippen LogP contribution in [0.2, 0.25) is 0 Å². The van der Waals surface area contributed by atoms with Crippen molar-refractivity contribution in [3.8, 4) is 6.07 Å². The topological polar surface area (TPSA) is 110 Å². The number of amides is 1. The third-order valence-corrected chi connectivity index (χ3v) is 4.47. The van der Waals surface area contributed by atoms with Gasteiger partial charge >= 0.3 is 0 Å². The highest BCUT2D eigenvalue weighted by Crippen LogP contribution is 2.23. The lowest BCUT2D eigenvalue weighted by Crippen LogP contribution is -2.35. The number of anilines is 1. The smallest absolute Gasteiger partial charge is 0.290 e. The minimum absolute atomic E-state index is 0.229. The summed E-state index contributed by atoms with van der Waals surface area (Å²) < 4.78 is 13.3. The predicted molar refractivity (Wildman–Crippen MR) is 104 cm³/mol. The molecule has 2 aromatic rings. The van der Waals surface area contributed by atoms with Gasteiger partial charge in [-0.1, -0.05) is 0 Å². The molecule has 1 aliphatic heterocycles. The molecular weight excluding hydrogens is 377 g/mol. The van der Waals surface area contributed by atoms with Gasteiger partial charge in [-0.2, -0.15) is 5.26 Å². The molecule has 8 nitrogen and oxygen atoms in total. The molecule has 152 valence electrons. The number of hydrogen-bond acceptors (Lipinski definition) is 6. The van der Waals surface area contributed by atoms with Crippen LogP contribution in [0.3, 0.4) is 0 Å². The number of rotatable bonds is 2. The summed E-state index contributed by atoms with van der Waals surface area (Å²) in [5.74, 6) is -0.0788. The fourth-order valence-electron chi connectivity index (χ4n) is 3.23. The van der Waals surface area contributed by atoms with E-state index in [4.69, 9.17) is 9.90 Å². The molecule has 1 N–H and O–H groups in total. The van der Waals surface area contributed by atoms with E-state index in [1.54, 1.807) is 4.90 Å². The molecule has 0 aromatic carbocycles. The molecule has 0 atom stereocenters. The lowest BCUT2D eigenvalue weighted by Gasteiger charge is -2.24. The molecule has 0 unspecified atom stereocenters. The summed E-state index contributed by atoms with van der Waals surface area (Å²) in [5, 5.41) is 16.4. The second-order valence-corrected chi connectivity index (χ2v) is 6.52. The molecule has 0 bridgehead atoms. The quantitative estimate of drug-likeness (QED) is 0.771. The van der Waals surface area contributed by atoms with Gasteiger partial charge in [-0.3, -0.25) is 14.6 Å². The lowest BCUT2D eigenvalue weighted by molar-refractivity contribution is -0.122. The lowest BCUT2D eigenvalue weighted by atomic mass is 10.1. The van der Waals surface area contributed by atoms with Crippen LogP contribution in [0, 0.1) is 31.0 Å². The Morgan fingerprint density at radius 3 is 2.62 bits per heavy atom. The van der Waals surface area contributed by atoms with Gasteiger partial charge in [0.05, 0.1) is 17.3 Å². The van der Waals surface area contributed by atoms with Crippen molar-refractivity contribution in [2.75, 3.05) is 31.1 Å². The Morgan fingerprint density at radius 2 is 1.97 bits per heavy atom. The van der Waals surface area contributed by atoms with Crippen LogP contribution in [0.15, 0.2) is 24.5 Å². The maximum Gasteiger partial charge on any atom is 0.290 e. The summed E-state index contributed by atoms with van der Waals surface area (Å²) >= 11 is 0. The van der Waals surface area contributed by atoms with Crippen LogP contribution in [-0.4, -0.2) is 58.5 Å². The van der Waals surface area contributed by atoms with Crippen molar-refractivity contribution in [1.82, 2.24) is 14.9 Å². The first-order chi connectivity index (χ1) is 13.9. The van der Waals surface area contributed by atoms with E-state index in [1.165, 1.54) is 12.3 Å². The standard InChI is InChI=1S/C19H20FN5O.CH2O2/c1-13-8-14(2)23-18(17(13)10-21)24-4-3-5-25(7-6-24)19(26)15-9-16(20)12-22-11-15;2-1-3/h8-9,11-12H,3-7H2,1-2H3;1H,(H,2,3). The van der Waals surface area contributed by atoms with Crippen LogP contribution in [0.5, 0.6) is 0 Å². The third kappa shape index (κ3) is 5.48. The molecule has 3 rings (SSSR count). The summed E-state index contributed by atoms with van der Waals surface area (Å²) in [5.41, 5.74) is 2.59. The van der Waals surface area contributed by atoms with E-state index in [9.17, 15) is 14.4 Å². The Bertz CT molecular complexity index is 929. The van der Waals surface area contributed by atoms with Gasteiger partial charge < -0.3 is 14.9 Å². The summed E-state index contributed by atoms with van der Waals surface area (Å²) in [4.78, 5) is 33.0. The van der Waals surface area contributed by atoms with E-state index in [0.717, 1.165) is 23.9 Å². The molecular formula is C20H22FN5O3. The van der Waals surface area contributed by atoms with E-state index in [-0.39, 0.29) is 17.9 Å². The number of aromatic nitrogens is 2. The Balaban J connectivity index is 0.000000941. The fourth-order valence-corrected chi connectivity index (χ4v) is 3.23. The number of aryl methyl sites for hydroxylation is 2. The van der Waals surface area contributed by atoms with Crippen LogP contribution in [0.1, 0.15) is 33.6 Å². The Labute approximate surface area is 168 Å². The van der Waals surface area contributed by atoms with Crippen LogP contribution in [-0.2, 0) is 4.79 Å². The largest absolute Gasteiger partial charge is 0.483 e. The second kappa shape index (κ2) is 10.1. The number of carboxylic acid groups (broad SMARTS) is 1. The van der Waals surface area contributed by atoms with E-state index in [2.05, 4.69) is 20.9 Å². The molecule has 9 heteroatoms. The monoisotopic (exact) mass is 399 g/mol. The van der Waals surface area contributed by atoms with Crippen molar-refractivity contribution in [2.24, 2.45) is 0 Å². The predicted octanol–water partition coefficient (Wildman–Crippen LogP) is 2.16. The molecule has 1 amide bonds. The molecule has 2 aromatic heterocycles. The summed E-state index contributed by atoms with van der Waals surface area (Å²) in [6.45, 7) is 5.88. The van der Waals surface area contributed by atoms with E-state index < -0.39 is 5.82 Å². The fraction of sp³-hybridized carbons (Fsp3) is 0.350. The van der Waals surface area contributed by atoms with Gasteiger partial charge in [-0.25, -0.2) is 9.37 Å². The zero-order valence-electron chi connectivity index (χ0n) is 16.3. The third-order valence-electron chi connectivity index (χ3n) is 4.47. The second-order valence-electron chi connectivity index (χ2n) is 6.52. The summed E-state index contributed by atoms with van der Waals surface area (Å²) in [6.07, 6.45) is 3.21. The molecule has 0 spiro atoms. The molecule has 1 fully saturated rings. The van der Waals surface area contributed by atoms with Gasteiger partial charge in [-0.05, 0) is 38.0 Å². The summed E-state index contributed by atoms with van der Waals surface area (Å²) in [6, 6.07) is 5.34. The molecule has 1 aliphatic rings. The van der Waals surface area contributed by atoms with Crippen molar-refractivity contribution in [3.63, 3.8) is 0 Å². The van der Waals surface area contributed by atoms with E-state index in [0.29, 0.717) is 37.6 Å². The maximum atomic E-state index is 13.3. The van der Waals surface area contributed by atoms with Crippen LogP contribution >= 0.6 is 0 Å². The summed E-state index contributed by atoms with van der Waals surface area (Å²) in [7, 11) is 0. The van der Waals surface area contributed by atoms with Gasteiger partial charge in [0, 0.05) is 38.1 Å². The zero-order valence-corrected chi connectivity index (χ0v) is 16.3. The molecule has 0 saturated carbocycles. The normalized spacial score (nSPS) is 13.6. The first-order valence-electron chi connectivity index (χ1n) is 9.02. The molecule has 1 saturated heterocycles. The molecule has 0 radical (unpaired) electrons. The molecule has 0 aliphatic carbocycles. The Morgan fingerprint density at radius 1 is 1.24 bits per heavy atom. The highest BCUT2D eigenvalue weighted by molar-refractivity contribution is 5.94. The first-order valence-corrected chi connectivity index (χ1v) is 9.02. The van der Waals surface area contributed by atoms with Crippen LogP contribution in [0.4, 0.5) is 10.2 Å².